The van der Waals surface area contributed by atoms with Gasteiger partial charge in [-0.1, -0.05) is 58.0 Å². The minimum absolute atomic E-state index is 0.242. The molecule has 3 aliphatic rings. The number of anilines is 1. The van der Waals surface area contributed by atoms with Crippen molar-refractivity contribution in [3.05, 3.63) is 58.7 Å². The molecule has 2 unspecified atom stereocenters. The van der Waals surface area contributed by atoms with Gasteiger partial charge in [0.15, 0.2) is 0 Å². The Bertz CT molecular complexity index is 1040. The molecule has 1 saturated carbocycles. The SMILES string of the molecule is Cc1cccc2c1C1=[N+](B(c3c(C(C)C)cccc3C(C)C)N2C)C2CCCCC2N1C. The van der Waals surface area contributed by atoms with E-state index in [1.165, 1.54) is 59.5 Å². The minimum Gasteiger partial charge on any atom is -0.372 e. The number of likely N-dealkylation sites (N-methyl/N-ethyl adjacent to an activating group) is 1. The maximum atomic E-state index is 2.84. The summed E-state index contributed by atoms with van der Waals surface area (Å²) in [7, 11) is 4.69. The van der Waals surface area contributed by atoms with Gasteiger partial charge in [0.2, 0.25) is 0 Å². The molecule has 0 amide bonds. The van der Waals surface area contributed by atoms with Crippen LogP contribution in [-0.4, -0.2) is 48.4 Å². The molecule has 5 rings (SSSR count). The van der Waals surface area contributed by atoms with E-state index in [2.05, 4.69) is 99.3 Å². The molecule has 0 spiro atoms. The lowest BCUT2D eigenvalue weighted by atomic mass is 9.57. The topological polar surface area (TPSA) is 9.49 Å². The van der Waals surface area contributed by atoms with Crippen LogP contribution in [0.1, 0.15) is 87.5 Å². The molecule has 168 valence electrons. The van der Waals surface area contributed by atoms with E-state index >= 15 is 0 Å². The number of aryl methyl sites for hydroxylation is 1. The van der Waals surface area contributed by atoms with Crippen molar-refractivity contribution in [2.24, 2.45) is 0 Å². The van der Waals surface area contributed by atoms with E-state index in [0.717, 1.165) is 0 Å². The zero-order chi connectivity index (χ0) is 22.7. The Balaban J connectivity index is 1.83. The molecule has 1 fully saturated rings. The van der Waals surface area contributed by atoms with Gasteiger partial charge in [0.1, 0.15) is 12.1 Å². The van der Waals surface area contributed by atoms with E-state index < -0.39 is 0 Å². The number of fused-ring (bicyclic) bond motifs is 4. The number of nitrogens with zero attached hydrogens (tertiary/aromatic N) is 3. The summed E-state index contributed by atoms with van der Waals surface area (Å²) in [4.78, 5) is 5.23. The van der Waals surface area contributed by atoms with Crippen LogP contribution in [0.4, 0.5) is 5.69 Å². The lowest BCUT2D eigenvalue weighted by molar-refractivity contribution is -0.434. The van der Waals surface area contributed by atoms with Crippen LogP contribution in [-0.2, 0) is 0 Å². The van der Waals surface area contributed by atoms with Crippen LogP contribution in [0.15, 0.2) is 36.4 Å². The predicted octanol–water partition coefficient (Wildman–Crippen LogP) is 5.10. The summed E-state index contributed by atoms with van der Waals surface area (Å²) < 4.78 is 2.84. The van der Waals surface area contributed by atoms with E-state index in [4.69, 9.17) is 0 Å². The van der Waals surface area contributed by atoms with Gasteiger partial charge < -0.3 is 4.81 Å². The molecular formula is C28H39BN3+. The number of rotatable bonds is 3. The van der Waals surface area contributed by atoms with Crippen molar-refractivity contribution in [3.8, 4) is 0 Å². The summed E-state index contributed by atoms with van der Waals surface area (Å²) >= 11 is 0. The molecule has 0 aromatic heterocycles. The summed E-state index contributed by atoms with van der Waals surface area (Å²) in [5, 5.41) is 0. The van der Waals surface area contributed by atoms with E-state index in [1.54, 1.807) is 5.46 Å². The Morgan fingerprint density at radius 3 is 2.19 bits per heavy atom. The maximum absolute atomic E-state index is 2.84. The van der Waals surface area contributed by atoms with Crippen molar-refractivity contribution in [1.29, 1.82) is 0 Å². The molecule has 2 aromatic carbocycles. The minimum atomic E-state index is 0.242. The maximum Gasteiger partial charge on any atom is 0.533 e. The van der Waals surface area contributed by atoms with Gasteiger partial charge in [0.25, 0.3) is 5.84 Å². The average molecular weight is 428 g/mol. The van der Waals surface area contributed by atoms with E-state index in [-0.39, 0.29) is 6.98 Å². The van der Waals surface area contributed by atoms with Crippen LogP contribution in [0.25, 0.3) is 0 Å². The molecule has 0 saturated heterocycles. The van der Waals surface area contributed by atoms with Crippen molar-refractivity contribution in [3.63, 3.8) is 0 Å². The number of benzene rings is 2. The molecule has 0 radical (unpaired) electrons. The monoisotopic (exact) mass is 428 g/mol. The summed E-state index contributed by atoms with van der Waals surface area (Å²) in [6, 6.07) is 15.1. The molecule has 2 atom stereocenters. The van der Waals surface area contributed by atoms with Gasteiger partial charge in [-0.25, -0.2) is 0 Å². The van der Waals surface area contributed by atoms with Gasteiger partial charge in [-0.15, -0.1) is 0 Å². The predicted molar refractivity (Wildman–Crippen MR) is 138 cm³/mol. The highest BCUT2D eigenvalue weighted by Crippen LogP contribution is 2.39. The lowest BCUT2D eigenvalue weighted by Gasteiger charge is -2.37. The highest BCUT2D eigenvalue weighted by Gasteiger charge is 2.57. The molecule has 2 heterocycles. The molecule has 3 nitrogen and oxygen atoms in total. The molecule has 0 N–H and O–H groups in total. The highest BCUT2D eigenvalue weighted by atomic mass is 15.4. The fourth-order valence-electron chi connectivity index (χ4n) is 6.76. The first-order valence-electron chi connectivity index (χ1n) is 12.7. The lowest BCUT2D eigenvalue weighted by Crippen LogP contribution is -2.63. The van der Waals surface area contributed by atoms with Crippen LogP contribution in [0.3, 0.4) is 0 Å². The van der Waals surface area contributed by atoms with Gasteiger partial charge in [-0.05, 0) is 74.2 Å². The normalized spacial score (nSPS) is 22.6. The third kappa shape index (κ3) is 3.05. The molecule has 4 heteroatoms. The molecule has 2 aliphatic heterocycles. The van der Waals surface area contributed by atoms with Crippen LogP contribution in [0.5, 0.6) is 0 Å². The third-order valence-corrected chi connectivity index (χ3v) is 8.29. The molecular weight excluding hydrogens is 389 g/mol. The first-order valence-corrected chi connectivity index (χ1v) is 12.7. The molecule has 0 bridgehead atoms. The summed E-state index contributed by atoms with van der Waals surface area (Å²) in [5.41, 5.74) is 8.76. The van der Waals surface area contributed by atoms with Gasteiger partial charge in [-0.2, -0.15) is 0 Å². The van der Waals surface area contributed by atoms with Crippen molar-refractivity contribution < 1.29 is 4.49 Å². The number of hydrogen-bond acceptors (Lipinski definition) is 2. The quantitative estimate of drug-likeness (QED) is 0.629. The van der Waals surface area contributed by atoms with Crippen molar-refractivity contribution >= 4 is 24.0 Å². The van der Waals surface area contributed by atoms with Crippen LogP contribution in [0, 0.1) is 6.92 Å². The van der Waals surface area contributed by atoms with Crippen LogP contribution in [0.2, 0.25) is 0 Å². The number of hydrogen-bond donors (Lipinski definition) is 0. The first-order chi connectivity index (χ1) is 15.3. The van der Waals surface area contributed by atoms with E-state index in [0.29, 0.717) is 23.9 Å². The second kappa shape index (κ2) is 7.97. The fourth-order valence-corrected chi connectivity index (χ4v) is 6.76. The molecule has 32 heavy (non-hydrogen) atoms. The summed E-state index contributed by atoms with van der Waals surface area (Å²) in [5.74, 6) is 2.47. The van der Waals surface area contributed by atoms with Gasteiger partial charge in [0, 0.05) is 11.2 Å². The second-order valence-electron chi connectivity index (χ2n) is 10.9. The standard InChI is InChI=1S/C28H39BN3/c1-18(2)21-13-11-14-22(19(3)4)27(21)29-31(7)25-17-10-12-20(5)26(25)28-30(6)23-15-8-9-16-24(23)32(28)29/h10-14,17-19,23-24H,8-9,15-16H2,1-7H3/q+1. The smallest absolute Gasteiger partial charge is 0.372 e. The van der Waals surface area contributed by atoms with Gasteiger partial charge >= 0.3 is 6.98 Å². The van der Waals surface area contributed by atoms with Crippen molar-refractivity contribution in [1.82, 2.24) is 4.90 Å². The second-order valence-corrected chi connectivity index (χ2v) is 10.9. The van der Waals surface area contributed by atoms with Gasteiger partial charge in [-0.3, -0.25) is 9.39 Å². The zero-order valence-corrected chi connectivity index (χ0v) is 21.0. The zero-order valence-electron chi connectivity index (χ0n) is 21.0. The van der Waals surface area contributed by atoms with Gasteiger partial charge in [0.05, 0.1) is 12.6 Å². The Kier molecular flexibility index (Phi) is 5.38. The Hall–Kier alpha value is -2.23. The average Bonchev–Trinajstić information content (AvgIpc) is 3.06. The molecule has 2 aromatic rings. The van der Waals surface area contributed by atoms with Crippen molar-refractivity contribution in [2.75, 3.05) is 18.9 Å². The fraction of sp³-hybridized carbons (Fsp3) is 0.536. The number of amidine groups is 1. The van der Waals surface area contributed by atoms with E-state index in [9.17, 15) is 0 Å². The van der Waals surface area contributed by atoms with Crippen LogP contribution < -0.4 is 10.3 Å². The third-order valence-electron chi connectivity index (χ3n) is 8.29. The summed E-state index contributed by atoms with van der Waals surface area (Å²) in [6.07, 6.45) is 5.30. The van der Waals surface area contributed by atoms with Crippen LogP contribution >= 0.6 is 0 Å². The Morgan fingerprint density at radius 2 is 1.53 bits per heavy atom. The van der Waals surface area contributed by atoms with E-state index in [1.807, 2.05) is 0 Å². The van der Waals surface area contributed by atoms with Crippen molar-refractivity contribution in [2.45, 2.75) is 84.2 Å². The Labute approximate surface area is 195 Å². The largest absolute Gasteiger partial charge is 0.533 e. The highest BCUT2D eigenvalue weighted by molar-refractivity contribution is 6.72. The first kappa shape index (κ1) is 21.6. The molecule has 1 aliphatic carbocycles. The summed E-state index contributed by atoms with van der Waals surface area (Å²) in [6.45, 7) is 11.9. The Morgan fingerprint density at radius 1 is 0.906 bits per heavy atom.